The second kappa shape index (κ2) is 11.1. The Bertz CT molecular complexity index is 157. The highest BCUT2D eigenvalue weighted by atomic mass is 16.1. The van der Waals surface area contributed by atoms with Crippen molar-refractivity contribution in [1.29, 1.82) is 0 Å². The fraction of sp³-hybridized carbons (Fsp3) is 0.923. The van der Waals surface area contributed by atoms with E-state index in [0.717, 1.165) is 32.5 Å². The molecule has 1 fully saturated rings. The molecule has 1 heterocycles. The maximum Gasteiger partial charge on any atom is 0.135 e. The summed E-state index contributed by atoms with van der Waals surface area (Å²) in [7, 11) is 0. The van der Waals surface area contributed by atoms with Gasteiger partial charge in [0.15, 0.2) is 0 Å². The standard InChI is InChI=1S/C7H13NO.C6H15N/c1-2-8-5-3-7(9)4-6-8;1-3-5-7-6-4-2/h2-6H2,1H3;7H,3-6H2,1-2H3. The smallest absolute Gasteiger partial charge is 0.135 e. The molecule has 1 aliphatic rings. The molecule has 0 radical (unpaired) electrons. The van der Waals surface area contributed by atoms with Crippen molar-refractivity contribution in [2.75, 3.05) is 32.7 Å². The minimum absolute atomic E-state index is 0.430. The molecular formula is C13H28N2O. The Labute approximate surface area is 101 Å². The highest BCUT2D eigenvalue weighted by molar-refractivity contribution is 5.79. The Hall–Kier alpha value is -0.410. The van der Waals surface area contributed by atoms with Gasteiger partial charge >= 0.3 is 0 Å². The van der Waals surface area contributed by atoms with Gasteiger partial charge in [0.05, 0.1) is 0 Å². The summed E-state index contributed by atoms with van der Waals surface area (Å²) < 4.78 is 0. The first-order chi connectivity index (χ1) is 7.74. The Morgan fingerprint density at radius 1 is 1.06 bits per heavy atom. The SMILES string of the molecule is CCCNCCC.CCN1CCC(=O)CC1. The maximum atomic E-state index is 10.7. The van der Waals surface area contributed by atoms with Gasteiger partial charge in [0.2, 0.25) is 0 Å². The third-order valence-corrected chi connectivity index (χ3v) is 2.71. The molecule has 0 spiro atoms. The quantitative estimate of drug-likeness (QED) is 0.731. The Kier molecular flexibility index (Phi) is 10.8. The molecule has 3 nitrogen and oxygen atoms in total. The number of carbonyl (C=O) groups excluding carboxylic acids is 1. The van der Waals surface area contributed by atoms with E-state index in [1.165, 1.54) is 25.9 Å². The van der Waals surface area contributed by atoms with Gasteiger partial charge in [0.1, 0.15) is 5.78 Å². The van der Waals surface area contributed by atoms with E-state index in [2.05, 4.69) is 31.0 Å². The first kappa shape index (κ1) is 15.6. The van der Waals surface area contributed by atoms with E-state index >= 15 is 0 Å². The average molecular weight is 228 g/mol. The van der Waals surface area contributed by atoms with Crippen molar-refractivity contribution in [3.63, 3.8) is 0 Å². The van der Waals surface area contributed by atoms with E-state index in [0.29, 0.717) is 5.78 Å². The van der Waals surface area contributed by atoms with Crippen LogP contribution in [0.2, 0.25) is 0 Å². The van der Waals surface area contributed by atoms with Crippen LogP contribution < -0.4 is 5.32 Å². The van der Waals surface area contributed by atoms with Gasteiger partial charge in [0, 0.05) is 25.9 Å². The number of likely N-dealkylation sites (tertiary alicyclic amines) is 1. The predicted octanol–water partition coefficient (Wildman–Crippen LogP) is 2.07. The third-order valence-electron chi connectivity index (χ3n) is 2.71. The van der Waals surface area contributed by atoms with Gasteiger partial charge < -0.3 is 10.2 Å². The van der Waals surface area contributed by atoms with E-state index in [4.69, 9.17) is 0 Å². The molecule has 1 N–H and O–H groups in total. The second-order valence-electron chi connectivity index (χ2n) is 4.22. The van der Waals surface area contributed by atoms with Crippen LogP contribution >= 0.6 is 0 Å². The summed E-state index contributed by atoms with van der Waals surface area (Å²) in [5, 5.41) is 3.28. The lowest BCUT2D eigenvalue weighted by atomic mass is 10.1. The molecule has 0 atom stereocenters. The fourth-order valence-electron chi connectivity index (χ4n) is 1.60. The van der Waals surface area contributed by atoms with Gasteiger partial charge in [-0.15, -0.1) is 0 Å². The monoisotopic (exact) mass is 228 g/mol. The van der Waals surface area contributed by atoms with Crippen molar-refractivity contribution in [3.8, 4) is 0 Å². The van der Waals surface area contributed by atoms with E-state index < -0.39 is 0 Å². The zero-order valence-electron chi connectivity index (χ0n) is 11.2. The first-order valence-electron chi connectivity index (χ1n) is 6.69. The molecule has 96 valence electrons. The number of hydrogen-bond acceptors (Lipinski definition) is 3. The van der Waals surface area contributed by atoms with E-state index in [9.17, 15) is 4.79 Å². The van der Waals surface area contributed by atoms with Crippen LogP contribution in [0.5, 0.6) is 0 Å². The van der Waals surface area contributed by atoms with Gasteiger partial charge in [-0.2, -0.15) is 0 Å². The molecule has 0 amide bonds. The molecule has 3 heteroatoms. The molecule has 0 aromatic carbocycles. The van der Waals surface area contributed by atoms with Crippen molar-refractivity contribution in [1.82, 2.24) is 10.2 Å². The molecular weight excluding hydrogens is 200 g/mol. The molecule has 1 saturated heterocycles. The summed E-state index contributed by atoms with van der Waals surface area (Å²) in [6, 6.07) is 0. The van der Waals surface area contributed by atoms with Crippen molar-refractivity contribution in [2.24, 2.45) is 0 Å². The third kappa shape index (κ3) is 8.86. The summed E-state index contributed by atoms with van der Waals surface area (Å²) >= 11 is 0. The minimum atomic E-state index is 0.430. The van der Waals surface area contributed by atoms with Crippen LogP contribution in [0, 0.1) is 0 Å². The summed E-state index contributed by atoms with van der Waals surface area (Å²) in [6.45, 7) is 11.9. The zero-order valence-corrected chi connectivity index (χ0v) is 11.2. The maximum absolute atomic E-state index is 10.7. The molecule has 0 aromatic rings. The van der Waals surface area contributed by atoms with Gasteiger partial charge in [-0.05, 0) is 32.5 Å². The summed E-state index contributed by atoms with van der Waals surface area (Å²) in [5.74, 6) is 0.430. The van der Waals surface area contributed by atoms with Crippen molar-refractivity contribution in [3.05, 3.63) is 0 Å². The number of nitrogens with one attached hydrogen (secondary N) is 1. The summed E-state index contributed by atoms with van der Waals surface area (Å²) in [4.78, 5) is 13.0. The van der Waals surface area contributed by atoms with Crippen LogP contribution in [0.25, 0.3) is 0 Å². The Morgan fingerprint density at radius 3 is 1.94 bits per heavy atom. The van der Waals surface area contributed by atoms with Crippen molar-refractivity contribution < 1.29 is 4.79 Å². The topological polar surface area (TPSA) is 32.3 Å². The number of hydrogen-bond donors (Lipinski definition) is 1. The van der Waals surface area contributed by atoms with Crippen LogP contribution in [-0.4, -0.2) is 43.4 Å². The number of nitrogens with zero attached hydrogens (tertiary/aromatic N) is 1. The van der Waals surface area contributed by atoms with Gasteiger partial charge in [-0.25, -0.2) is 0 Å². The van der Waals surface area contributed by atoms with Gasteiger partial charge in [-0.1, -0.05) is 20.8 Å². The number of rotatable bonds is 5. The van der Waals surface area contributed by atoms with E-state index in [-0.39, 0.29) is 0 Å². The number of piperidine rings is 1. The molecule has 1 rings (SSSR count). The Balaban J connectivity index is 0.000000293. The Morgan fingerprint density at radius 2 is 1.56 bits per heavy atom. The largest absolute Gasteiger partial charge is 0.317 e. The van der Waals surface area contributed by atoms with Crippen LogP contribution in [-0.2, 0) is 4.79 Å². The normalized spacial score (nSPS) is 16.8. The van der Waals surface area contributed by atoms with Crippen LogP contribution in [0.3, 0.4) is 0 Å². The molecule has 0 aliphatic carbocycles. The molecule has 16 heavy (non-hydrogen) atoms. The summed E-state index contributed by atoms with van der Waals surface area (Å²) in [5.41, 5.74) is 0. The first-order valence-corrected chi connectivity index (χ1v) is 6.69. The van der Waals surface area contributed by atoms with E-state index in [1.54, 1.807) is 0 Å². The average Bonchev–Trinajstić information content (AvgIpc) is 2.32. The van der Waals surface area contributed by atoms with Crippen molar-refractivity contribution >= 4 is 5.78 Å². The van der Waals surface area contributed by atoms with Gasteiger partial charge in [-0.3, -0.25) is 4.79 Å². The molecule has 0 unspecified atom stereocenters. The van der Waals surface area contributed by atoms with Crippen molar-refractivity contribution in [2.45, 2.75) is 46.5 Å². The highest BCUT2D eigenvalue weighted by Gasteiger charge is 2.13. The predicted molar refractivity (Wildman–Crippen MR) is 69.8 cm³/mol. The van der Waals surface area contributed by atoms with Crippen LogP contribution in [0.1, 0.15) is 46.5 Å². The minimum Gasteiger partial charge on any atom is -0.317 e. The number of ketones is 1. The molecule has 0 aromatic heterocycles. The second-order valence-corrected chi connectivity index (χ2v) is 4.22. The summed E-state index contributed by atoms with van der Waals surface area (Å²) in [6.07, 6.45) is 4.04. The number of Topliss-reactive ketones (excluding diaryl/α,β-unsaturated/α-hetero) is 1. The van der Waals surface area contributed by atoms with Crippen LogP contribution in [0.4, 0.5) is 0 Å². The highest BCUT2D eigenvalue weighted by Crippen LogP contribution is 2.03. The lowest BCUT2D eigenvalue weighted by molar-refractivity contribution is -0.121. The zero-order chi connectivity index (χ0) is 12.2. The fourth-order valence-corrected chi connectivity index (χ4v) is 1.60. The van der Waals surface area contributed by atoms with Gasteiger partial charge in [0.25, 0.3) is 0 Å². The van der Waals surface area contributed by atoms with E-state index in [1.807, 2.05) is 0 Å². The lowest BCUT2D eigenvalue weighted by Crippen LogP contribution is -2.33. The molecule has 0 saturated carbocycles. The molecule has 1 aliphatic heterocycles. The molecule has 0 bridgehead atoms. The van der Waals surface area contributed by atoms with Crippen LogP contribution in [0.15, 0.2) is 0 Å². The number of carbonyl (C=O) groups is 1. The lowest BCUT2D eigenvalue weighted by Gasteiger charge is -2.23.